The average molecular weight is 368 g/mol. The number of hydrogen-bond acceptors (Lipinski definition) is 3. The van der Waals surface area contributed by atoms with Gasteiger partial charge in [-0.15, -0.1) is 0 Å². The van der Waals surface area contributed by atoms with E-state index in [0.29, 0.717) is 11.3 Å². The quantitative estimate of drug-likeness (QED) is 0.903. The Hall–Kier alpha value is -1.66. The molecule has 2 rings (SSSR count). The minimum atomic E-state index is -3.23. The Bertz CT molecular complexity index is 783. The van der Waals surface area contributed by atoms with Crippen LogP contribution in [0.25, 0.3) is 0 Å². The molecule has 0 fully saturated rings. The molecule has 0 radical (unpaired) electrons. The highest BCUT2D eigenvalue weighted by molar-refractivity contribution is 9.10. The minimum Gasteiger partial charge on any atom is -0.322 e. The third-order valence-corrected chi connectivity index (χ3v) is 5.16. The molecule has 4 nitrogen and oxygen atoms in total. The van der Waals surface area contributed by atoms with Crippen molar-refractivity contribution in [2.24, 2.45) is 0 Å². The number of benzene rings is 2. The smallest absolute Gasteiger partial charge is 0.256 e. The molecular weight excluding hydrogens is 354 g/mol. The van der Waals surface area contributed by atoms with Crippen LogP contribution in [0.1, 0.15) is 15.9 Å². The molecular formula is C15H14BrNO3S. The summed E-state index contributed by atoms with van der Waals surface area (Å²) in [7, 11) is -3.23. The van der Waals surface area contributed by atoms with Crippen molar-refractivity contribution in [1.29, 1.82) is 0 Å². The molecule has 0 aliphatic carbocycles. The number of nitrogens with one attached hydrogen (secondary N) is 1. The summed E-state index contributed by atoms with van der Waals surface area (Å²) in [6.45, 7) is 1.90. The number of amides is 1. The van der Waals surface area contributed by atoms with E-state index in [9.17, 15) is 13.2 Å². The van der Waals surface area contributed by atoms with Crippen molar-refractivity contribution in [3.8, 4) is 0 Å². The average Bonchev–Trinajstić information content (AvgIpc) is 2.41. The number of carbonyl (C=O) groups is 1. The van der Waals surface area contributed by atoms with E-state index >= 15 is 0 Å². The Morgan fingerprint density at radius 2 is 1.71 bits per heavy atom. The van der Waals surface area contributed by atoms with Gasteiger partial charge < -0.3 is 5.32 Å². The predicted octanol–water partition coefficient (Wildman–Crippen LogP) is 3.41. The molecule has 0 bridgehead atoms. The van der Waals surface area contributed by atoms with Crippen LogP contribution in [-0.4, -0.2) is 20.6 Å². The molecule has 21 heavy (non-hydrogen) atoms. The van der Waals surface area contributed by atoms with Gasteiger partial charge in [0.05, 0.1) is 10.5 Å². The van der Waals surface area contributed by atoms with E-state index in [1.165, 1.54) is 12.1 Å². The van der Waals surface area contributed by atoms with E-state index in [1.54, 1.807) is 18.2 Å². The van der Waals surface area contributed by atoms with Gasteiger partial charge in [0.2, 0.25) is 0 Å². The number of aryl methyl sites for hydroxylation is 1. The van der Waals surface area contributed by atoms with Crippen molar-refractivity contribution < 1.29 is 13.2 Å². The molecule has 1 amide bonds. The molecule has 0 spiro atoms. The maximum absolute atomic E-state index is 12.2. The van der Waals surface area contributed by atoms with Crippen LogP contribution in [0.3, 0.4) is 0 Å². The van der Waals surface area contributed by atoms with Crippen LogP contribution in [0.2, 0.25) is 0 Å². The molecule has 0 atom stereocenters. The zero-order valence-corrected chi connectivity index (χ0v) is 14.0. The molecule has 0 saturated carbocycles. The highest BCUT2D eigenvalue weighted by Gasteiger charge is 2.12. The first-order chi connectivity index (χ1) is 9.79. The molecule has 6 heteroatoms. The first-order valence-corrected chi connectivity index (χ1v) is 8.84. The number of carbonyl (C=O) groups excluding carboxylic acids is 1. The number of rotatable bonds is 3. The summed E-state index contributed by atoms with van der Waals surface area (Å²) < 4.78 is 23.5. The lowest BCUT2D eigenvalue weighted by molar-refractivity contribution is 0.102. The third-order valence-electron chi connectivity index (χ3n) is 2.98. The topological polar surface area (TPSA) is 63.2 Å². The van der Waals surface area contributed by atoms with Crippen molar-refractivity contribution in [1.82, 2.24) is 0 Å². The lowest BCUT2D eigenvalue weighted by Crippen LogP contribution is -2.13. The van der Waals surface area contributed by atoms with Gasteiger partial charge in [0.1, 0.15) is 0 Å². The Morgan fingerprint density at radius 3 is 2.29 bits per heavy atom. The summed E-state index contributed by atoms with van der Waals surface area (Å²) in [5.74, 6) is -0.252. The Balaban J connectivity index is 2.22. The molecule has 1 N–H and O–H groups in total. The first kappa shape index (κ1) is 15.7. The van der Waals surface area contributed by atoms with E-state index in [1.807, 2.05) is 19.1 Å². The van der Waals surface area contributed by atoms with E-state index in [-0.39, 0.29) is 10.8 Å². The second-order valence-corrected chi connectivity index (χ2v) is 7.50. The second-order valence-electron chi connectivity index (χ2n) is 4.69. The highest BCUT2D eigenvalue weighted by atomic mass is 79.9. The van der Waals surface area contributed by atoms with Crippen molar-refractivity contribution >= 4 is 37.4 Å². The van der Waals surface area contributed by atoms with Crippen molar-refractivity contribution in [2.45, 2.75) is 11.8 Å². The molecule has 0 unspecified atom stereocenters. The van der Waals surface area contributed by atoms with E-state index in [0.717, 1.165) is 16.3 Å². The predicted molar refractivity (Wildman–Crippen MR) is 86.4 cm³/mol. The number of halogens is 1. The van der Waals surface area contributed by atoms with Crippen LogP contribution in [0.4, 0.5) is 5.69 Å². The normalized spacial score (nSPS) is 11.2. The van der Waals surface area contributed by atoms with Crippen LogP contribution in [0, 0.1) is 6.92 Å². The van der Waals surface area contributed by atoms with Crippen molar-refractivity contribution in [3.63, 3.8) is 0 Å². The van der Waals surface area contributed by atoms with Gasteiger partial charge in [-0.05, 0) is 58.7 Å². The lowest BCUT2D eigenvalue weighted by Gasteiger charge is -2.09. The van der Waals surface area contributed by atoms with Crippen LogP contribution >= 0.6 is 15.9 Å². The zero-order chi connectivity index (χ0) is 15.6. The summed E-state index contributed by atoms with van der Waals surface area (Å²) in [5.41, 5.74) is 2.04. The Kier molecular flexibility index (Phi) is 4.49. The van der Waals surface area contributed by atoms with E-state index in [2.05, 4.69) is 21.2 Å². The number of sulfone groups is 1. The standard InChI is InChI=1S/C15H14BrNO3S/c1-10-4-3-5-13(14(10)16)15(18)17-11-6-8-12(9-7-11)21(2,19)20/h3-9H,1-2H3,(H,17,18). The summed E-state index contributed by atoms with van der Waals surface area (Å²) in [4.78, 5) is 12.4. The van der Waals surface area contributed by atoms with Gasteiger partial charge in [-0.3, -0.25) is 4.79 Å². The molecule has 0 aliphatic heterocycles. The molecule has 0 aliphatic rings. The van der Waals surface area contributed by atoms with Gasteiger partial charge in [-0.25, -0.2) is 8.42 Å². The summed E-state index contributed by atoms with van der Waals surface area (Å²) in [5, 5.41) is 2.74. The molecule has 0 saturated heterocycles. The minimum absolute atomic E-state index is 0.220. The van der Waals surface area contributed by atoms with Gasteiger partial charge in [0, 0.05) is 16.4 Å². The monoisotopic (exact) mass is 367 g/mol. The van der Waals surface area contributed by atoms with Gasteiger partial charge in [-0.1, -0.05) is 12.1 Å². The number of anilines is 1. The molecule has 110 valence electrons. The zero-order valence-electron chi connectivity index (χ0n) is 11.6. The van der Waals surface area contributed by atoms with E-state index < -0.39 is 9.84 Å². The fraction of sp³-hybridized carbons (Fsp3) is 0.133. The van der Waals surface area contributed by atoms with Gasteiger partial charge in [0.25, 0.3) is 5.91 Å². The van der Waals surface area contributed by atoms with E-state index in [4.69, 9.17) is 0 Å². The Morgan fingerprint density at radius 1 is 1.10 bits per heavy atom. The molecule has 0 aromatic heterocycles. The highest BCUT2D eigenvalue weighted by Crippen LogP contribution is 2.22. The van der Waals surface area contributed by atoms with Gasteiger partial charge in [-0.2, -0.15) is 0 Å². The summed E-state index contributed by atoms with van der Waals surface area (Å²) in [6, 6.07) is 11.5. The SMILES string of the molecule is Cc1cccc(C(=O)Nc2ccc(S(C)(=O)=O)cc2)c1Br. The molecule has 2 aromatic rings. The van der Waals surface area contributed by atoms with Crippen LogP contribution in [0.5, 0.6) is 0 Å². The fourth-order valence-electron chi connectivity index (χ4n) is 1.81. The molecule has 0 heterocycles. The largest absolute Gasteiger partial charge is 0.322 e. The number of hydrogen-bond donors (Lipinski definition) is 1. The van der Waals surface area contributed by atoms with Gasteiger partial charge in [0.15, 0.2) is 9.84 Å². The lowest BCUT2D eigenvalue weighted by atomic mass is 10.1. The van der Waals surface area contributed by atoms with Crippen LogP contribution in [-0.2, 0) is 9.84 Å². The van der Waals surface area contributed by atoms with Crippen LogP contribution in [0.15, 0.2) is 51.8 Å². The van der Waals surface area contributed by atoms with Gasteiger partial charge >= 0.3 is 0 Å². The van der Waals surface area contributed by atoms with Crippen molar-refractivity contribution in [2.75, 3.05) is 11.6 Å². The van der Waals surface area contributed by atoms with Crippen LogP contribution < -0.4 is 5.32 Å². The molecule has 2 aromatic carbocycles. The first-order valence-electron chi connectivity index (χ1n) is 6.15. The van der Waals surface area contributed by atoms with Crippen molar-refractivity contribution in [3.05, 3.63) is 58.1 Å². The maximum atomic E-state index is 12.2. The fourth-order valence-corrected chi connectivity index (χ4v) is 2.88. The maximum Gasteiger partial charge on any atom is 0.256 e. The third kappa shape index (κ3) is 3.71. The summed E-state index contributed by atoms with van der Waals surface area (Å²) in [6.07, 6.45) is 1.14. The Labute approximate surface area is 132 Å². The summed E-state index contributed by atoms with van der Waals surface area (Å²) >= 11 is 3.39. The second kappa shape index (κ2) is 5.99.